The zero-order valence-corrected chi connectivity index (χ0v) is 9.21. The van der Waals surface area contributed by atoms with E-state index < -0.39 is 0 Å². The van der Waals surface area contributed by atoms with Gasteiger partial charge in [-0.05, 0) is 20.0 Å². The summed E-state index contributed by atoms with van der Waals surface area (Å²) >= 11 is 0. The first-order valence-corrected chi connectivity index (χ1v) is 5.48. The van der Waals surface area contributed by atoms with Gasteiger partial charge in [-0.2, -0.15) is 0 Å². The fourth-order valence-corrected chi connectivity index (χ4v) is 2.04. The minimum atomic E-state index is 0.608. The largest absolute Gasteiger partial charge is 0.314 e. The Hall–Kier alpha value is -0.120. The molecule has 3 heteroatoms. The van der Waals surface area contributed by atoms with Crippen molar-refractivity contribution < 1.29 is 0 Å². The van der Waals surface area contributed by atoms with Gasteiger partial charge in [0, 0.05) is 26.2 Å². The SMILES string of the molecule is CCN(CC)C(C)N1CCNCC1. The lowest BCUT2D eigenvalue weighted by Gasteiger charge is -2.38. The predicted octanol–water partition coefficient (Wildman–Crippen LogP) is 0.579. The van der Waals surface area contributed by atoms with Gasteiger partial charge in [0.25, 0.3) is 0 Å². The van der Waals surface area contributed by atoms with Crippen molar-refractivity contribution in [3.8, 4) is 0 Å². The molecule has 0 aromatic carbocycles. The maximum Gasteiger partial charge on any atom is 0.0594 e. The van der Waals surface area contributed by atoms with Crippen molar-refractivity contribution in [2.75, 3.05) is 39.3 Å². The van der Waals surface area contributed by atoms with Crippen molar-refractivity contribution in [1.29, 1.82) is 0 Å². The molecule has 1 rings (SSSR count). The zero-order valence-electron chi connectivity index (χ0n) is 9.21. The van der Waals surface area contributed by atoms with E-state index in [2.05, 4.69) is 35.9 Å². The first kappa shape index (κ1) is 11.0. The van der Waals surface area contributed by atoms with Crippen LogP contribution in [0.25, 0.3) is 0 Å². The quantitative estimate of drug-likeness (QED) is 0.691. The summed E-state index contributed by atoms with van der Waals surface area (Å²) in [5.74, 6) is 0. The standard InChI is InChI=1S/C10H23N3/c1-4-12(5-2)10(3)13-8-6-11-7-9-13/h10-11H,4-9H2,1-3H3. The Morgan fingerprint density at radius 3 is 2.23 bits per heavy atom. The Morgan fingerprint density at radius 2 is 1.77 bits per heavy atom. The number of nitrogens with zero attached hydrogens (tertiary/aromatic N) is 2. The smallest absolute Gasteiger partial charge is 0.0594 e. The van der Waals surface area contributed by atoms with Crippen LogP contribution in [-0.4, -0.2) is 55.2 Å². The van der Waals surface area contributed by atoms with E-state index in [-0.39, 0.29) is 0 Å². The third-order valence-corrected chi connectivity index (χ3v) is 3.02. The molecule has 0 radical (unpaired) electrons. The molecule has 0 aliphatic carbocycles. The first-order chi connectivity index (χ1) is 6.29. The molecule has 1 unspecified atom stereocenters. The molecular formula is C10H23N3. The van der Waals surface area contributed by atoms with Crippen molar-refractivity contribution >= 4 is 0 Å². The fraction of sp³-hybridized carbons (Fsp3) is 1.00. The molecule has 1 fully saturated rings. The third kappa shape index (κ3) is 2.93. The summed E-state index contributed by atoms with van der Waals surface area (Å²) in [6, 6.07) is 0. The zero-order chi connectivity index (χ0) is 9.68. The number of nitrogens with one attached hydrogen (secondary N) is 1. The highest BCUT2D eigenvalue weighted by Gasteiger charge is 2.19. The minimum Gasteiger partial charge on any atom is -0.314 e. The van der Waals surface area contributed by atoms with Crippen molar-refractivity contribution in [1.82, 2.24) is 15.1 Å². The molecule has 1 aliphatic rings. The average molecular weight is 185 g/mol. The van der Waals surface area contributed by atoms with Crippen LogP contribution in [0.4, 0.5) is 0 Å². The molecule has 0 aromatic rings. The van der Waals surface area contributed by atoms with Gasteiger partial charge in [0.1, 0.15) is 0 Å². The van der Waals surface area contributed by atoms with Crippen LogP contribution in [0.1, 0.15) is 20.8 Å². The molecule has 0 bridgehead atoms. The monoisotopic (exact) mass is 185 g/mol. The molecule has 0 amide bonds. The van der Waals surface area contributed by atoms with E-state index in [1.54, 1.807) is 0 Å². The number of hydrogen-bond donors (Lipinski definition) is 1. The lowest BCUT2D eigenvalue weighted by atomic mass is 10.3. The number of rotatable bonds is 4. The Labute approximate surface area is 82.1 Å². The normalized spacial score (nSPS) is 22.2. The second kappa shape index (κ2) is 5.58. The number of hydrogen-bond acceptors (Lipinski definition) is 3. The molecule has 78 valence electrons. The van der Waals surface area contributed by atoms with E-state index in [1.807, 2.05) is 0 Å². The van der Waals surface area contributed by atoms with Crippen molar-refractivity contribution in [3.05, 3.63) is 0 Å². The fourth-order valence-electron chi connectivity index (χ4n) is 2.04. The van der Waals surface area contributed by atoms with Crippen LogP contribution < -0.4 is 5.32 Å². The summed E-state index contributed by atoms with van der Waals surface area (Å²) in [6.45, 7) is 13.8. The highest BCUT2D eigenvalue weighted by atomic mass is 15.4. The van der Waals surface area contributed by atoms with Crippen LogP contribution in [0.5, 0.6) is 0 Å². The maximum absolute atomic E-state index is 3.38. The third-order valence-electron chi connectivity index (χ3n) is 3.02. The van der Waals surface area contributed by atoms with Gasteiger partial charge in [0.15, 0.2) is 0 Å². The molecule has 1 saturated heterocycles. The van der Waals surface area contributed by atoms with E-state index in [4.69, 9.17) is 0 Å². The van der Waals surface area contributed by atoms with Crippen LogP contribution >= 0.6 is 0 Å². The molecule has 0 spiro atoms. The van der Waals surface area contributed by atoms with Crippen LogP contribution in [-0.2, 0) is 0 Å². The molecule has 1 atom stereocenters. The van der Waals surface area contributed by atoms with Crippen molar-refractivity contribution in [2.24, 2.45) is 0 Å². The Morgan fingerprint density at radius 1 is 1.23 bits per heavy atom. The molecule has 0 saturated carbocycles. The second-order valence-corrected chi connectivity index (χ2v) is 3.64. The van der Waals surface area contributed by atoms with E-state index in [0.29, 0.717) is 6.17 Å². The van der Waals surface area contributed by atoms with Gasteiger partial charge in [-0.1, -0.05) is 13.8 Å². The van der Waals surface area contributed by atoms with E-state index in [9.17, 15) is 0 Å². The van der Waals surface area contributed by atoms with E-state index in [1.165, 1.54) is 13.1 Å². The molecule has 1 N–H and O–H groups in total. The minimum absolute atomic E-state index is 0.608. The van der Waals surface area contributed by atoms with Gasteiger partial charge in [-0.3, -0.25) is 9.80 Å². The maximum atomic E-state index is 3.38. The van der Waals surface area contributed by atoms with Gasteiger partial charge in [-0.15, -0.1) is 0 Å². The Bertz CT molecular complexity index is 128. The molecule has 1 aliphatic heterocycles. The van der Waals surface area contributed by atoms with Gasteiger partial charge < -0.3 is 5.32 Å². The highest BCUT2D eigenvalue weighted by Crippen LogP contribution is 2.06. The van der Waals surface area contributed by atoms with Gasteiger partial charge >= 0.3 is 0 Å². The molecular weight excluding hydrogens is 162 g/mol. The first-order valence-electron chi connectivity index (χ1n) is 5.48. The van der Waals surface area contributed by atoms with Gasteiger partial charge in [0.05, 0.1) is 6.17 Å². The molecule has 1 heterocycles. The van der Waals surface area contributed by atoms with Crippen LogP contribution in [0, 0.1) is 0 Å². The van der Waals surface area contributed by atoms with Crippen LogP contribution in [0.15, 0.2) is 0 Å². The lowest BCUT2D eigenvalue weighted by molar-refractivity contribution is 0.0532. The summed E-state index contributed by atoms with van der Waals surface area (Å²) in [5, 5.41) is 3.38. The number of piperazine rings is 1. The second-order valence-electron chi connectivity index (χ2n) is 3.64. The summed E-state index contributed by atoms with van der Waals surface area (Å²) in [7, 11) is 0. The highest BCUT2D eigenvalue weighted by molar-refractivity contribution is 4.73. The Balaban J connectivity index is 2.38. The molecule has 13 heavy (non-hydrogen) atoms. The summed E-state index contributed by atoms with van der Waals surface area (Å²) in [4.78, 5) is 5.06. The van der Waals surface area contributed by atoms with Crippen molar-refractivity contribution in [2.45, 2.75) is 26.9 Å². The topological polar surface area (TPSA) is 18.5 Å². The average Bonchev–Trinajstić information content (AvgIpc) is 2.21. The van der Waals surface area contributed by atoms with E-state index >= 15 is 0 Å². The summed E-state index contributed by atoms with van der Waals surface area (Å²) in [5.41, 5.74) is 0. The Kier molecular flexibility index (Phi) is 4.70. The van der Waals surface area contributed by atoms with Crippen LogP contribution in [0.2, 0.25) is 0 Å². The van der Waals surface area contributed by atoms with Crippen molar-refractivity contribution in [3.63, 3.8) is 0 Å². The molecule has 3 nitrogen and oxygen atoms in total. The summed E-state index contributed by atoms with van der Waals surface area (Å²) < 4.78 is 0. The van der Waals surface area contributed by atoms with E-state index in [0.717, 1.165) is 26.2 Å². The van der Waals surface area contributed by atoms with Gasteiger partial charge in [0.2, 0.25) is 0 Å². The predicted molar refractivity (Wildman–Crippen MR) is 56.8 cm³/mol. The van der Waals surface area contributed by atoms with Crippen LogP contribution in [0.3, 0.4) is 0 Å². The lowest BCUT2D eigenvalue weighted by Crippen LogP contribution is -2.53. The van der Waals surface area contributed by atoms with Gasteiger partial charge in [-0.25, -0.2) is 0 Å². The molecule has 0 aromatic heterocycles. The summed E-state index contributed by atoms with van der Waals surface area (Å²) in [6.07, 6.45) is 0.608.